The Hall–Kier alpha value is -0.320. The number of pyridine rings is 1. The van der Waals surface area contributed by atoms with E-state index in [1.807, 2.05) is 6.07 Å². The number of rotatable bonds is 3. The number of ether oxygens (including phenoxy) is 2. The zero-order valence-electron chi connectivity index (χ0n) is 10.5. The largest absolute Gasteiger partial charge is 0.474 e. The van der Waals surface area contributed by atoms with Gasteiger partial charge in [0, 0.05) is 29.1 Å². The topological polar surface area (TPSA) is 31.4 Å². The van der Waals surface area contributed by atoms with E-state index in [0.29, 0.717) is 11.8 Å². The molecule has 1 aromatic rings. The zero-order chi connectivity index (χ0) is 13.1. The molecule has 100 valence electrons. The molecule has 0 saturated carbocycles. The number of alkyl halides is 1. The molecule has 1 aliphatic rings. The highest BCUT2D eigenvalue weighted by Gasteiger charge is 2.26. The Balaban J connectivity index is 2.08. The van der Waals surface area contributed by atoms with E-state index in [1.54, 1.807) is 6.20 Å². The minimum absolute atomic E-state index is 0.152. The van der Waals surface area contributed by atoms with Crippen LogP contribution in [0.15, 0.2) is 16.7 Å². The summed E-state index contributed by atoms with van der Waals surface area (Å²) in [4.78, 5) is 4.30. The van der Waals surface area contributed by atoms with Crippen LogP contribution >= 0.6 is 27.5 Å². The fourth-order valence-electron chi connectivity index (χ4n) is 2.27. The monoisotopic (exact) mass is 333 g/mol. The summed E-state index contributed by atoms with van der Waals surface area (Å²) in [6.45, 7) is 4.15. The van der Waals surface area contributed by atoms with Crippen molar-refractivity contribution in [2.24, 2.45) is 0 Å². The Morgan fingerprint density at radius 2 is 2.11 bits per heavy atom. The lowest BCUT2D eigenvalue weighted by Gasteiger charge is -2.32. The van der Waals surface area contributed by atoms with E-state index in [4.69, 9.17) is 21.1 Å². The van der Waals surface area contributed by atoms with Crippen LogP contribution in [-0.2, 0) is 10.6 Å². The molecule has 18 heavy (non-hydrogen) atoms. The smallest absolute Gasteiger partial charge is 0.218 e. The van der Waals surface area contributed by atoms with Gasteiger partial charge in [0.05, 0.1) is 18.1 Å². The summed E-state index contributed by atoms with van der Waals surface area (Å²) in [5.41, 5.74) is 0.915. The number of nitrogens with zero attached hydrogens (tertiary/aromatic N) is 1. The average molecular weight is 335 g/mol. The van der Waals surface area contributed by atoms with Crippen LogP contribution in [0.25, 0.3) is 0 Å². The minimum Gasteiger partial charge on any atom is -0.474 e. The third kappa shape index (κ3) is 3.59. The fraction of sp³-hybridized carbons (Fsp3) is 0.615. The van der Waals surface area contributed by atoms with Gasteiger partial charge in [-0.1, -0.05) is 0 Å². The summed E-state index contributed by atoms with van der Waals surface area (Å²) in [7, 11) is 0. The summed E-state index contributed by atoms with van der Waals surface area (Å²) in [6, 6.07) is 1.95. The molecule has 0 spiro atoms. The van der Waals surface area contributed by atoms with Crippen LogP contribution in [0.4, 0.5) is 0 Å². The summed E-state index contributed by atoms with van der Waals surface area (Å²) >= 11 is 9.30. The lowest BCUT2D eigenvalue weighted by atomic mass is 10.0. The van der Waals surface area contributed by atoms with Crippen molar-refractivity contribution in [2.75, 3.05) is 0 Å². The van der Waals surface area contributed by atoms with Gasteiger partial charge in [-0.3, -0.25) is 0 Å². The second kappa shape index (κ2) is 6.22. The Kier molecular flexibility index (Phi) is 4.87. The Bertz CT molecular complexity index is 406. The molecule has 1 aromatic heterocycles. The highest BCUT2D eigenvalue weighted by atomic mass is 79.9. The van der Waals surface area contributed by atoms with Crippen molar-refractivity contribution in [3.63, 3.8) is 0 Å². The molecule has 0 aromatic carbocycles. The van der Waals surface area contributed by atoms with Crippen LogP contribution in [0.5, 0.6) is 5.88 Å². The van der Waals surface area contributed by atoms with Crippen LogP contribution in [0, 0.1) is 0 Å². The van der Waals surface area contributed by atoms with E-state index < -0.39 is 0 Å². The maximum Gasteiger partial charge on any atom is 0.218 e. The molecule has 1 saturated heterocycles. The fourth-order valence-corrected chi connectivity index (χ4v) is 2.84. The Morgan fingerprint density at radius 3 is 2.72 bits per heavy atom. The summed E-state index contributed by atoms with van der Waals surface area (Å²) in [5, 5.41) is 0. The second-order valence-electron chi connectivity index (χ2n) is 4.72. The zero-order valence-corrected chi connectivity index (χ0v) is 12.9. The molecule has 0 radical (unpaired) electrons. The molecule has 2 rings (SSSR count). The van der Waals surface area contributed by atoms with Gasteiger partial charge in [0.2, 0.25) is 5.88 Å². The first-order chi connectivity index (χ1) is 8.58. The maximum atomic E-state index is 5.98. The van der Waals surface area contributed by atoms with Crippen LogP contribution < -0.4 is 4.74 Å². The quantitative estimate of drug-likeness (QED) is 0.785. The van der Waals surface area contributed by atoms with Gasteiger partial charge in [0.15, 0.2) is 0 Å². The first kappa shape index (κ1) is 14.1. The normalized spacial score (nSPS) is 28.1. The molecule has 2 unspecified atom stereocenters. The highest BCUT2D eigenvalue weighted by molar-refractivity contribution is 9.10. The standard InChI is InChI=1S/C13H17BrClNO2/c1-8-3-12(4-9(2)17-8)18-13-10(6-15)5-11(14)7-16-13/h5,7-9,12H,3-4,6H2,1-2H3. The number of halogens is 2. The third-order valence-corrected chi connectivity index (χ3v) is 3.69. The molecular formula is C13H17BrClNO2. The van der Waals surface area contributed by atoms with E-state index in [0.717, 1.165) is 22.9 Å². The van der Waals surface area contributed by atoms with Gasteiger partial charge < -0.3 is 9.47 Å². The van der Waals surface area contributed by atoms with Crippen molar-refractivity contribution in [3.8, 4) is 5.88 Å². The molecular weight excluding hydrogens is 318 g/mol. The number of hydrogen-bond acceptors (Lipinski definition) is 3. The van der Waals surface area contributed by atoms with Gasteiger partial charge >= 0.3 is 0 Å². The van der Waals surface area contributed by atoms with E-state index in [1.165, 1.54) is 0 Å². The molecule has 0 amide bonds. The third-order valence-electron chi connectivity index (χ3n) is 2.97. The van der Waals surface area contributed by atoms with Crippen LogP contribution in [0.3, 0.4) is 0 Å². The molecule has 2 atom stereocenters. The minimum atomic E-state index is 0.152. The van der Waals surface area contributed by atoms with Crippen molar-refractivity contribution < 1.29 is 9.47 Å². The maximum absolute atomic E-state index is 5.98. The molecule has 1 aliphatic heterocycles. The lowest BCUT2D eigenvalue weighted by molar-refractivity contribution is -0.0731. The predicted octanol–water partition coefficient (Wildman–Crippen LogP) is 3.92. The SMILES string of the molecule is CC1CC(Oc2ncc(Br)cc2CCl)CC(C)O1. The van der Waals surface area contributed by atoms with E-state index in [-0.39, 0.29) is 18.3 Å². The number of aromatic nitrogens is 1. The Morgan fingerprint density at radius 1 is 1.44 bits per heavy atom. The molecule has 1 fully saturated rings. The van der Waals surface area contributed by atoms with Gasteiger partial charge in [-0.05, 0) is 35.8 Å². The van der Waals surface area contributed by atoms with Crippen LogP contribution in [0.1, 0.15) is 32.3 Å². The first-order valence-electron chi connectivity index (χ1n) is 6.11. The van der Waals surface area contributed by atoms with E-state index in [2.05, 4.69) is 34.8 Å². The number of hydrogen-bond donors (Lipinski definition) is 0. The predicted molar refractivity (Wildman–Crippen MR) is 75.2 cm³/mol. The molecule has 0 bridgehead atoms. The van der Waals surface area contributed by atoms with Gasteiger partial charge in [0.25, 0.3) is 0 Å². The summed E-state index contributed by atoms with van der Waals surface area (Å²) < 4.78 is 12.6. The van der Waals surface area contributed by atoms with Crippen molar-refractivity contribution in [2.45, 2.75) is 50.9 Å². The Labute approximate surface area is 121 Å². The van der Waals surface area contributed by atoms with Gasteiger partial charge in [0.1, 0.15) is 6.10 Å². The van der Waals surface area contributed by atoms with Crippen molar-refractivity contribution in [1.29, 1.82) is 0 Å². The lowest BCUT2D eigenvalue weighted by Crippen LogP contribution is -2.36. The summed E-state index contributed by atoms with van der Waals surface area (Å²) in [5.74, 6) is 1.04. The van der Waals surface area contributed by atoms with Gasteiger partial charge in [-0.25, -0.2) is 4.98 Å². The molecule has 5 heteroatoms. The molecule has 2 heterocycles. The highest BCUT2D eigenvalue weighted by Crippen LogP contribution is 2.27. The molecule has 0 aliphatic carbocycles. The van der Waals surface area contributed by atoms with Crippen molar-refractivity contribution in [1.82, 2.24) is 4.98 Å². The summed E-state index contributed by atoms with van der Waals surface area (Å²) in [6.07, 6.45) is 4.13. The molecule has 0 N–H and O–H groups in total. The van der Waals surface area contributed by atoms with Gasteiger partial charge in [-0.15, -0.1) is 11.6 Å². The van der Waals surface area contributed by atoms with Crippen LogP contribution in [0.2, 0.25) is 0 Å². The average Bonchev–Trinajstić information content (AvgIpc) is 2.30. The van der Waals surface area contributed by atoms with Gasteiger partial charge in [-0.2, -0.15) is 0 Å². The van der Waals surface area contributed by atoms with E-state index >= 15 is 0 Å². The van der Waals surface area contributed by atoms with Crippen molar-refractivity contribution >= 4 is 27.5 Å². The van der Waals surface area contributed by atoms with E-state index in [9.17, 15) is 0 Å². The molecule has 3 nitrogen and oxygen atoms in total. The van der Waals surface area contributed by atoms with Crippen LogP contribution in [-0.4, -0.2) is 23.3 Å². The second-order valence-corrected chi connectivity index (χ2v) is 5.90. The van der Waals surface area contributed by atoms with Crippen molar-refractivity contribution in [3.05, 3.63) is 22.3 Å². The first-order valence-corrected chi connectivity index (χ1v) is 7.43.